The van der Waals surface area contributed by atoms with Crippen molar-refractivity contribution in [3.8, 4) is 11.8 Å². The summed E-state index contributed by atoms with van der Waals surface area (Å²) < 4.78 is 6.31. The second-order valence-corrected chi connectivity index (χ2v) is 5.17. The highest BCUT2D eigenvalue weighted by Crippen LogP contribution is 2.24. The molecule has 0 spiro atoms. The van der Waals surface area contributed by atoms with Gasteiger partial charge in [-0.2, -0.15) is 5.26 Å². The molecule has 0 amide bonds. The van der Waals surface area contributed by atoms with Gasteiger partial charge < -0.3 is 4.74 Å². The lowest BCUT2D eigenvalue weighted by atomic mass is 10.1. The second kappa shape index (κ2) is 7.40. The van der Waals surface area contributed by atoms with Gasteiger partial charge in [0, 0.05) is 17.6 Å². The third-order valence-corrected chi connectivity index (χ3v) is 3.62. The zero-order valence-corrected chi connectivity index (χ0v) is 12.7. The van der Waals surface area contributed by atoms with Crippen LogP contribution < -0.4 is 4.74 Å². The Morgan fingerprint density at radius 1 is 1.50 bits per heavy atom. The number of nitriles is 1. The van der Waals surface area contributed by atoms with Crippen LogP contribution in [0.25, 0.3) is 0 Å². The van der Waals surface area contributed by atoms with Gasteiger partial charge in [0.05, 0.1) is 19.1 Å². The third kappa shape index (κ3) is 4.32. The third-order valence-electron chi connectivity index (χ3n) is 2.85. The van der Waals surface area contributed by atoms with E-state index < -0.39 is 0 Å². The summed E-state index contributed by atoms with van der Waals surface area (Å²) in [7, 11) is 1.67. The fourth-order valence-corrected chi connectivity index (χ4v) is 2.15. The summed E-state index contributed by atoms with van der Waals surface area (Å²) in [5.74, 6) is 0.909. The molecule has 4 heteroatoms. The van der Waals surface area contributed by atoms with Gasteiger partial charge in [0.15, 0.2) is 0 Å². The van der Waals surface area contributed by atoms with E-state index in [0.29, 0.717) is 0 Å². The number of methoxy groups -OCH3 is 1. The van der Waals surface area contributed by atoms with Gasteiger partial charge in [-0.05, 0) is 37.2 Å². The Hall–Kier alpha value is -1.05. The first kappa shape index (κ1) is 15.0. The van der Waals surface area contributed by atoms with E-state index in [1.54, 1.807) is 7.11 Å². The largest absolute Gasteiger partial charge is 0.497 e. The zero-order valence-electron chi connectivity index (χ0n) is 11.1. The summed E-state index contributed by atoms with van der Waals surface area (Å²) in [6.45, 7) is 6.59. The molecule has 0 aliphatic carbocycles. The van der Waals surface area contributed by atoms with E-state index in [1.165, 1.54) is 5.56 Å². The molecule has 0 aromatic heterocycles. The molecule has 1 aromatic carbocycles. The highest BCUT2D eigenvalue weighted by Gasteiger charge is 2.11. The van der Waals surface area contributed by atoms with E-state index in [2.05, 4.69) is 33.8 Å². The molecule has 0 bridgehead atoms. The molecular formula is C14H19BrN2O. The van der Waals surface area contributed by atoms with E-state index in [9.17, 15) is 0 Å². The average molecular weight is 311 g/mol. The molecular weight excluding hydrogens is 292 g/mol. The van der Waals surface area contributed by atoms with Gasteiger partial charge in [0.2, 0.25) is 0 Å². The monoisotopic (exact) mass is 310 g/mol. The molecule has 0 fully saturated rings. The topological polar surface area (TPSA) is 36.3 Å². The Bertz CT molecular complexity index is 428. The number of nitrogens with zero attached hydrogens (tertiary/aromatic N) is 2. The van der Waals surface area contributed by atoms with Gasteiger partial charge in [-0.25, -0.2) is 0 Å². The lowest BCUT2D eigenvalue weighted by Gasteiger charge is -2.22. The number of rotatable bonds is 6. The van der Waals surface area contributed by atoms with Crippen molar-refractivity contribution >= 4 is 15.9 Å². The van der Waals surface area contributed by atoms with E-state index in [1.807, 2.05) is 25.1 Å². The van der Waals surface area contributed by atoms with Crippen LogP contribution in [0.2, 0.25) is 0 Å². The highest BCUT2D eigenvalue weighted by molar-refractivity contribution is 9.10. The van der Waals surface area contributed by atoms with Gasteiger partial charge in [0.1, 0.15) is 5.75 Å². The van der Waals surface area contributed by atoms with Crippen molar-refractivity contribution in [1.29, 1.82) is 5.26 Å². The molecule has 18 heavy (non-hydrogen) atoms. The van der Waals surface area contributed by atoms with Gasteiger partial charge in [-0.3, -0.25) is 4.90 Å². The van der Waals surface area contributed by atoms with Crippen LogP contribution in [0.1, 0.15) is 19.4 Å². The summed E-state index contributed by atoms with van der Waals surface area (Å²) >= 11 is 3.55. The molecule has 3 nitrogen and oxygen atoms in total. The highest BCUT2D eigenvalue weighted by atomic mass is 79.9. The molecule has 1 rings (SSSR count). The lowest BCUT2D eigenvalue weighted by molar-refractivity contribution is 0.259. The minimum atomic E-state index is 0.0503. The van der Waals surface area contributed by atoms with E-state index in [4.69, 9.17) is 10.00 Å². The summed E-state index contributed by atoms with van der Waals surface area (Å²) in [6.07, 6.45) is 0. The van der Waals surface area contributed by atoms with Crippen molar-refractivity contribution in [3.63, 3.8) is 0 Å². The lowest BCUT2D eigenvalue weighted by Crippen LogP contribution is -2.27. The molecule has 0 radical (unpaired) electrons. The Morgan fingerprint density at radius 2 is 2.22 bits per heavy atom. The van der Waals surface area contributed by atoms with E-state index >= 15 is 0 Å². The molecule has 98 valence electrons. The van der Waals surface area contributed by atoms with Crippen molar-refractivity contribution in [1.82, 2.24) is 4.90 Å². The minimum absolute atomic E-state index is 0.0503. The minimum Gasteiger partial charge on any atom is -0.497 e. The number of benzene rings is 1. The van der Waals surface area contributed by atoms with E-state index in [-0.39, 0.29) is 5.92 Å². The first-order valence-electron chi connectivity index (χ1n) is 6.05. The van der Waals surface area contributed by atoms with Crippen LogP contribution in [0.5, 0.6) is 5.75 Å². The van der Waals surface area contributed by atoms with Gasteiger partial charge in [-0.1, -0.05) is 22.9 Å². The first-order valence-corrected chi connectivity index (χ1v) is 6.84. The number of halogens is 1. The molecule has 0 heterocycles. The van der Waals surface area contributed by atoms with Crippen molar-refractivity contribution in [3.05, 3.63) is 28.2 Å². The maximum atomic E-state index is 8.88. The van der Waals surface area contributed by atoms with Crippen LogP contribution in [0.4, 0.5) is 0 Å². The molecule has 0 saturated heterocycles. The zero-order chi connectivity index (χ0) is 13.5. The molecule has 0 aliphatic rings. The summed E-state index contributed by atoms with van der Waals surface area (Å²) in [5.41, 5.74) is 1.18. The summed E-state index contributed by atoms with van der Waals surface area (Å²) in [4.78, 5) is 2.26. The van der Waals surface area contributed by atoms with Crippen LogP contribution >= 0.6 is 15.9 Å². The van der Waals surface area contributed by atoms with Crippen LogP contribution in [-0.2, 0) is 6.54 Å². The van der Waals surface area contributed by atoms with Crippen LogP contribution in [0.15, 0.2) is 22.7 Å². The van der Waals surface area contributed by atoms with Crippen LogP contribution in [0.3, 0.4) is 0 Å². The van der Waals surface area contributed by atoms with E-state index in [0.717, 1.165) is 29.9 Å². The fraction of sp³-hybridized carbons (Fsp3) is 0.500. The first-order chi connectivity index (χ1) is 8.60. The van der Waals surface area contributed by atoms with Crippen molar-refractivity contribution < 1.29 is 4.74 Å². The standard InChI is InChI=1S/C14H19BrN2O/c1-4-17(9-11(2)8-16)10-12-7-13(18-3)5-6-14(12)15/h5-7,11H,4,9-10H2,1-3H3. The number of hydrogen-bond donors (Lipinski definition) is 0. The molecule has 1 aromatic rings. The van der Waals surface area contributed by atoms with Crippen molar-refractivity contribution in [2.24, 2.45) is 5.92 Å². The molecule has 1 atom stereocenters. The fourth-order valence-electron chi connectivity index (χ4n) is 1.77. The van der Waals surface area contributed by atoms with Gasteiger partial charge in [0.25, 0.3) is 0 Å². The predicted octanol–water partition coefficient (Wildman–Crippen LogP) is 3.44. The summed E-state index contributed by atoms with van der Waals surface area (Å²) in [5, 5.41) is 8.88. The maximum absolute atomic E-state index is 8.88. The Balaban J connectivity index is 2.78. The van der Waals surface area contributed by atoms with Crippen molar-refractivity contribution in [2.75, 3.05) is 20.2 Å². The normalized spacial score (nSPS) is 12.2. The SMILES string of the molecule is CCN(Cc1cc(OC)ccc1Br)CC(C)C#N. The van der Waals surface area contributed by atoms with Crippen LogP contribution in [-0.4, -0.2) is 25.1 Å². The Kier molecular flexibility index (Phi) is 6.17. The molecule has 0 N–H and O–H groups in total. The molecule has 1 unspecified atom stereocenters. The second-order valence-electron chi connectivity index (χ2n) is 4.32. The molecule has 0 aliphatic heterocycles. The Labute approximate surface area is 117 Å². The number of ether oxygens (including phenoxy) is 1. The molecule has 0 saturated carbocycles. The van der Waals surface area contributed by atoms with Gasteiger partial charge in [-0.15, -0.1) is 0 Å². The smallest absolute Gasteiger partial charge is 0.119 e. The maximum Gasteiger partial charge on any atom is 0.119 e. The van der Waals surface area contributed by atoms with Crippen LogP contribution in [0, 0.1) is 17.2 Å². The van der Waals surface area contributed by atoms with Crippen molar-refractivity contribution in [2.45, 2.75) is 20.4 Å². The average Bonchev–Trinajstić information content (AvgIpc) is 2.39. The Morgan fingerprint density at radius 3 is 2.78 bits per heavy atom. The number of hydrogen-bond acceptors (Lipinski definition) is 3. The summed E-state index contributed by atoms with van der Waals surface area (Å²) in [6, 6.07) is 8.23. The quantitative estimate of drug-likeness (QED) is 0.807. The van der Waals surface area contributed by atoms with Gasteiger partial charge >= 0.3 is 0 Å². The predicted molar refractivity (Wildman–Crippen MR) is 76.4 cm³/mol.